The third kappa shape index (κ3) is 2.66. The molecule has 0 aliphatic heterocycles. The second kappa shape index (κ2) is 4.90. The van der Waals surface area contributed by atoms with Gasteiger partial charge in [0.05, 0.1) is 11.6 Å². The normalized spacial score (nSPS) is 9.36. The van der Waals surface area contributed by atoms with Crippen molar-refractivity contribution in [1.29, 1.82) is 0 Å². The quantitative estimate of drug-likeness (QED) is 0.693. The van der Waals surface area contributed by atoms with Crippen LogP contribution in [0.4, 0.5) is 0 Å². The van der Waals surface area contributed by atoms with Crippen molar-refractivity contribution in [3.63, 3.8) is 0 Å². The minimum absolute atomic E-state index is 0.130. The summed E-state index contributed by atoms with van der Waals surface area (Å²) in [5.41, 5.74) is 1.56. The summed E-state index contributed by atoms with van der Waals surface area (Å²) in [6.07, 6.45) is 0. The Balaban J connectivity index is 2.97. The van der Waals surface area contributed by atoms with Gasteiger partial charge in [0.2, 0.25) is 0 Å². The molecule has 0 spiro atoms. The van der Waals surface area contributed by atoms with Crippen molar-refractivity contribution in [3.05, 3.63) is 28.3 Å². The van der Waals surface area contributed by atoms with E-state index in [-0.39, 0.29) is 5.75 Å². The van der Waals surface area contributed by atoms with E-state index >= 15 is 0 Å². The van der Waals surface area contributed by atoms with E-state index in [1.165, 1.54) is 0 Å². The van der Waals surface area contributed by atoms with Gasteiger partial charge in [-0.25, -0.2) is 0 Å². The predicted molar refractivity (Wildman–Crippen MR) is 58.7 cm³/mol. The summed E-state index contributed by atoms with van der Waals surface area (Å²) in [4.78, 5) is 0. The standard InChI is InChI=1S/C11H12ClNO/c1-8-6-9(4-3-5-13-2)7-10(12)11(8)14/h6-7,13-14H,5H2,1-2H3. The fourth-order valence-corrected chi connectivity index (χ4v) is 1.31. The summed E-state index contributed by atoms with van der Waals surface area (Å²) in [7, 11) is 1.84. The summed E-state index contributed by atoms with van der Waals surface area (Å²) in [5.74, 6) is 6.00. The van der Waals surface area contributed by atoms with Gasteiger partial charge in [0, 0.05) is 5.56 Å². The number of phenols is 1. The number of nitrogens with one attached hydrogen (secondary N) is 1. The number of hydrogen-bond acceptors (Lipinski definition) is 2. The van der Waals surface area contributed by atoms with Crippen LogP contribution in [0, 0.1) is 18.8 Å². The minimum Gasteiger partial charge on any atom is -0.506 e. The Morgan fingerprint density at radius 1 is 1.50 bits per heavy atom. The monoisotopic (exact) mass is 209 g/mol. The van der Waals surface area contributed by atoms with Crippen molar-refractivity contribution in [1.82, 2.24) is 5.32 Å². The molecule has 0 saturated carbocycles. The molecule has 1 rings (SSSR count). The number of phenolic OH excluding ortho intramolecular Hbond substituents is 1. The third-order valence-corrected chi connectivity index (χ3v) is 2.04. The SMILES string of the molecule is CNCC#Cc1cc(C)c(O)c(Cl)c1. The lowest BCUT2D eigenvalue weighted by molar-refractivity contribution is 0.471. The van der Waals surface area contributed by atoms with Crippen molar-refractivity contribution in [2.75, 3.05) is 13.6 Å². The van der Waals surface area contributed by atoms with Gasteiger partial charge in [-0.05, 0) is 31.7 Å². The summed E-state index contributed by atoms with van der Waals surface area (Å²) >= 11 is 5.80. The van der Waals surface area contributed by atoms with Crippen LogP contribution < -0.4 is 5.32 Å². The molecule has 0 saturated heterocycles. The first-order chi connectivity index (χ1) is 6.65. The molecule has 0 aliphatic rings. The number of aryl methyl sites for hydroxylation is 1. The number of rotatable bonds is 1. The Morgan fingerprint density at radius 3 is 2.79 bits per heavy atom. The molecule has 0 aliphatic carbocycles. The molecule has 0 heterocycles. The van der Waals surface area contributed by atoms with Crippen molar-refractivity contribution >= 4 is 11.6 Å². The van der Waals surface area contributed by atoms with Crippen LogP contribution in [0.25, 0.3) is 0 Å². The summed E-state index contributed by atoms with van der Waals surface area (Å²) < 4.78 is 0. The first-order valence-corrected chi connectivity index (χ1v) is 4.65. The predicted octanol–water partition coefficient (Wildman–Crippen LogP) is 1.92. The Hall–Kier alpha value is -1.17. The molecule has 0 unspecified atom stereocenters. The van der Waals surface area contributed by atoms with Gasteiger partial charge in [-0.1, -0.05) is 23.4 Å². The first kappa shape index (κ1) is 10.9. The Labute approximate surface area is 88.9 Å². The van der Waals surface area contributed by atoms with E-state index in [0.29, 0.717) is 11.6 Å². The van der Waals surface area contributed by atoms with Gasteiger partial charge in [0.1, 0.15) is 5.75 Å². The molecule has 0 aromatic heterocycles. The van der Waals surface area contributed by atoms with Crippen molar-refractivity contribution in [2.45, 2.75) is 6.92 Å². The maximum atomic E-state index is 9.41. The van der Waals surface area contributed by atoms with Crippen LogP contribution in [0.15, 0.2) is 12.1 Å². The average molecular weight is 210 g/mol. The number of benzene rings is 1. The molecule has 1 aromatic carbocycles. The third-order valence-electron chi connectivity index (χ3n) is 1.75. The van der Waals surface area contributed by atoms with E-state index in [1.807, 2.05) is 13.1 Å². The van der Waals surface area contributed by atoms with Crippen molar-refractivity contribution in [2.24, 2.45) is 0 Å². The molecule has 0 fully saturated rings. The Bertz CT molecular complexity index is 367. The average Bonchev–Trinajstić information content (AvgIpc) is 2.14. The lowest BCUT2D eigenvalue weighted by Crippen LogP contribution is -2.04. The molecule has 0 atom stereocenters. The highest BCUT2D eigenvalue weighted by Crippen LogP contribution is 2.27. The summed E-state index contributed by atoms with van der Waals surface area (Å²) in [6.45, 7) is 2.43. The molecule has 74 valence electrons. The topological polar surface area (TPSA) is 32.3 Å². The van der Waals surface area contributed by atoms with E-state index in [4.69, 9.17) is 11.6 Å². The van der Waals surface area contributed by atoms with Crippen molar-refractivity contribution in [3.8, 4) is 17.6 Å². The van der Waals surface area contributed by atoms with E-state index in [2.05, 4.69) is 17.2 Å². The lowest BCUT2D eigenvalue weighted by Gasteiger charge is -2.01. The van der Waals surface area contributed by atoms with Gasteiger partial charge >= 0.3 is 0 Å². The summed E-state index contributed by atoms with van der Waals surface area (Å²) in [5, 5.41) is 12.7. The Kier molecular flexibility index (Phi) is 3.82. The van der Waals surface area contributed by atoms with E-state index in [9.17, 15) is 5.11 Å². The zero-order valence-electron chi connectivity index (χ0n) is 8.19. The molecule has 3 heteroatoms. The molecule has 0 amide bonds. The molecule has 1 aromatic rings. The van der Waals surface area contributed by atoms with E-state index in [0.717, 1.165) is 11.1 Å². The lowest BCUT2D eigenvalue weighted by atomic mass is 10.1. The van der Waals surface area contributed by atoms with E-state index in [1.54, 1.807) is 13.0 Å². The van der Waals surface area contributed by atoms with Gasteiger partial charge in [-0.15, -0.1) is 0 Å². The Morgan fingerprint density at radius 2 is 2.21 bits per heavy atom. The molecular weight excluding hydrogens is 198 g/mol. The largest absolute Gasteiger partial charge is 0.506 e. The van der Waals surface area contributed by atoms with Gasteiger partial charge in [0.25, 0.3) is 0 Å². The number of halogens is 1. The molecule has 0 bridgehead atoms. The highest BCUT2D eigenvalue weighted by atomic mass is 35.5. The smallest absolute Gasteiger partial charge is 0.137 e. The van der Waals surface area contributed by atoms with Gasteiger partial charge < -0.3 is 10.4 Å². The maximum Gasteiger partial charge on any atom is 0.137 e. The van der Waals surface area contributed by atoms with Gasteiger partial charge in [-0.2, -0.15) is 0 Å². The van der Waals surface area contributed by atoms with E-state index < -0.39 is 0 Å². The van der Waals surface area contributed by atoms with Crippen LogP contribution >= 0.6 is 11.6 Å². The van der Waals surface area contributed by atoms with Crippen LogP contribution in [-0.4, -0.2) is 18.7 Å². The highest BCUT2D eigenvalue weighted by Gasteiger charge is 2.02. The highest BCUT2D eigenvalue weighted by molar-refractivity contribution is 6.32. The zero-order chi connectivity index (χ0) is 10.6. The second-order valence-electron chi connectivity index (χ2n) is 2.96. The number of hydrogen-bond donors (Lipinski definition) is 2. The zero-order valence-corrected chi connectivity index (χ0v) is 8.94. The van der Waals surface area contributed by atoms with Crippen LogP contribution in [0.3, 0.4) is 0 Å². The first-order valence-electron chi connectivity index (χ1n) is 4.27. The number of aromatic hydroxyl groups is 1. The molecule has 2 nitrogen and oxygen atoms in total. The second-order valence-corrected chi connectivity index (χ2v) is 3.36. The van der Waals surface area contributed by atoms with Crippen LogP contribution in [0.2, 0.25) is 5.02 Å². The van der Waals surface area contributed by atoms with Crippen LogP contribution in [0.1, 0.15) is 11.1 Å². The molecule has 14 heavy (non-hydrogen) atoms. The maximum absolute atomic E-state index is 9.41. The summed E-state index contributed by atoms with van der Waals surface area (Å²) in [6, 6.07) is 3.47. The van der Waals surface area contributed by atoms with Crippen molar-refractivity contribution < 1.29 is 5.11 Å². The van der Waals surface area contributed by atoms with Gasteiger partial charge in [-0.3, -0.25) is 0 Å². The van der Waals surface area contributed by atoms with Crippen LogP contribution in [0.5, 0.6) is 5.75 Å². The van der Waals surface area contributed by atoms with Gasteiger partial charge in [0.15, 0.2) is 0 Å². The fraction of sp³-hybridized carbons (Fsp3) is 0.273. The molecule has 2 N–H and O–H groups in total. The van der Waals surface area contributed by atoms with Crippen LogP contribution in [-0.2, 0) is 0 Å². The minimum atomic E-state index is 0.130. The molecular formula is C11H12ClNO. The molecule has 0 radical (unpaired) electrons. The fourth-order valence-electron chi connectivity index (χ4n) is 1.04.